The fourth-order valence-electron chi connectivity index (χ4n) is 2.58. The van der Waals surface area contributed by atoms with E-state index < -0.39 is 0 Å². The predicted molar refractivity (Wildman–Crippen MR) is 96.4 cm³/mol. The highest BCUT2D eigenvalue weighted by Crippen LogP contribution is 2.17. The van der Waals surface area contributed by atoms with Gasteiger partial charge in [0.15, 0.2) is 0 Å². The molecule has 0 saturated carbocycles. The number of thiophene rings is 1. The third kappa shape index (κ3) is 3.23. The van der Waals surface area contributed by atoms with E-state index in [0.29, 0.717) is 17.8 Å². The Balaban J connectivity index is 1.92. The van der Waals surface area contributed by atoms with Gasteiger partial charge in [-0.25, -0.2) is 4.98 Å². The highest BCUT2D eigenvalue weighted by Gasteiger charge is 2.13. The van der Waals surface area contributed by atoms with Crippen LogP contribution in [0.1, 0.15) is 21.7 Å². The number of nitrogens with one attached hydrogen (secondary N) is 1. The molecule has 6 heteroatoms. The van der Waals surface area contributed by atoms with Crippen LogP contribution in [-0.2, 0) is 17.9 Å². The Morgan fingerprint density at radius 1 is 1.25 bits per heavy atom. The first kappa shape index (κ1) is 16.4. The van der Waals surface area contributed by atoms with Gasteiger partial charge in [0, 0.05) is 4.88 Å². The minimum absolute atomic E-state index is 0.00737. The first-order valence-corrected chi connectivity index (χ1v) is 8.61. The number of aryl methyl sites for hydroxylation is 3. The summed E-state index contributed by atoms with van der Waals surface area (Å²) in [7, 11) is 0. The summed E-state index contributed by atoms with van der Waals surface area (Å²) in [5.41, 5.74) is 3.79. The smallest absolute Gasteiger partial charge is 0.272 e. The predicted octanol–water partition coefficient (Wildman–Crippen LogP) is 2.70. The largest absolute Gasteiger partial charge is 0.350 e. The van der Waals surface area contributed by atoms with Crippen LogP contribution in [0.15, 0.2) is 34.4 Å². The second-order valence-corrected chi connectivity index (χ2v) is 6.90. The van der Waals surface area contributed by atoms with Crippen molar-refractivity contribution in [3.63, 3.8) is 0 Å². The van der Waals surface area contributed by atoms with E-state index >= 15 is 0 Å². The average Bonchev–Trinajstić information content (AvgIpc) is 3.05. The number of amides is 1. The van der Waals surface area contributed by atoms with Gasteiger partial charge in [-0.05, 0) is 55.5 Å². The minimum Gasteiger partial charge on any atom is -0.350 e. The molecule has 0 unspecified atom stereocenters. The van der Waals surface area contributed by atoms with Crippen LogP contribution in [0.2, 0.25) is 0 Å². The van der Waals surface area contributed by atoms with Gasteiger partial charge in [-0.1, -0.05) is 6.07 Å². The monoisotopic (exact) mass is 341 g/mol. The lowest BCUT2D eigenvalue weighted by Gasteiger charge is -2.13. The SMILES string of the molecule is Cc1cc2nc(C)c(=O)n(CC(=O)NCc3cccs3)c2cc1C. The third-order valence-electron chi connectivity index (χ3n) is 4.07. The Morgan fingerprint density at radius 2 is 2.00 bits per heavy atom. The van der Waals surface area contributed by atoms with Gasteiger partial charge < -0.3 is 5.32 Å². The lowest BCUT2D eigenvalue weighted by atomic mass is 10.1. The van der Waals surface area contributed by atoms with Crippen LogP contribution >= 0.6 is 11.3 Å². The summed E-state index contributed by atoms with van der Waals surface area (Å²) in [6.45, 7) is 6.14. The molecule has 0 atom stereocenters. The van der Waals surface area contributed by atoms with Gasteiger partial charge in [0.1, 0.15) is 12.2 Å². The Labute approximate surface area is 144 Å². The van der Waals surface area contributed by atoms with Crippen molar-refractivity contribution in [3.8, 4) is 0 Å². The summed E-state index contributed by atoms with van der Waals surface area (Å²) in [6.07, 6.45) is 0. The number of rotatable bonds is 4. The number of carbonyl (C=O) groups is 1. The zero-order valence-corrected chi connectivity index (χ0v) is 14.7. The topological polar surface area (TPSA) is 64.0 Å². The van der Waals surface area contributed by atoms with Crippen LogP contribution in [0.25, 0.3) is 11.0 Å². The second-order valence-electron chi connectivity index (χ2n) is 5.87. The van der Waals surface area contributed by atoms with Crippen LogP contribution in [0.4, 0.5) is 0 Å². The molecular formula is C18H19N3O2S. The van der Waals surface area contributed by atoms with Gasteiger partial charge in [0.05, 0.1) is 17.6 Å². The molecule has 1 aromatic carbocycles. The van der Waals surface area contributed by atoms with Crippen molar-refractivity contribution in [2.24, 2.45) is 0 Å². The van der Waals surface area contributed by atoms with Crippen molar-refractivity contribution in [2.75, 3.05) is 0 Å². The van der Waals surface area contributed by atoms with Crippen molar-refractivity contribution < 1.29 is 4.79 Å². The first-order valence-electron chi connectivity index (χ1n) is 7.73. The number of benzene rings is 1. The third-order valence-corrected chi connectivity index (χ3v) is 4.94. The molecule has 3 aromatic rings. The first-order chi connectivity index (χ1) is 11.5. The molecule has 1 amide bonds. The van der Waals surface area contributed by atoms with E-state index in [4.69, 9.17) is 0 Å². The molecule has 2 aromatic heterocycles. The summed E-state index contributed by atoms with van der Waals surface area (Å²) >= 11 is 1.59. The zero-order chi connectivity index (χ0) is 17.3. The van der Waals surface area contributed by atoms with Crippen LogP contribution in [-0.4, -0.2) is 15.5 Å². The number of hydrogen-bond acceptors (Lipinski definition) is 4. The van der Waals surface area contributed by atoms with Crippen molar-refractivity contribution in [3.05, 3.63) is 61.7 Å². The summed E-state index contributed by atoms with van der Waals surface area (Å²) in [5, 5.41) is 4.83. The molecule has 5 nitrogen and oxygen atoms in total. The number of hydrogen-bond donors (Lipinski definition) is 1. The number of aromatic nitrogens is 2. The quantitative estimate of drug-likeness (QED) is 0.793. The molecule has 1 N–H and O–H groups in total. The van der Waals surface area contributed by atoms with Crippen molar-refractivity contribution >= 4 is 28.3 Å². The summed E-state index contributed by atoms with van der Waals surface area (Å²) < 4.78 is 1.51. The average molecular weight is 341 g/mol. The van der Waals surface area contributed by atoms with Crippen LogP contribution < -0.4 is 10.9 Å². The van der Waals surface area contributed by atoms with Gasteiger partial charge in [-0.3, -0.25) is 14.2 Å². The van der Waals surface area contributed by atoms with Gasteiger partial charge in [-0.15, -0.1) is 11.3 Å². The van der Waals surface area contributed by atoms with Gasteiger partial charge in [0.25, 0.3) is 5.56 Å². The van der Waals surface area contributed by atoms with E-state index in [0.717, 1.165) is 21.5 Å². The molecule has 3 rings (SSSR count). The molecule has 0 fully saturated rings. The fraction of sp³-hybridized carbons (Fsp3) is 0.278. The molecule has 0 saturated heterocycles. The molecule has 2 heterocycles. The Bertz CT molecular complexity index is 959. The fourth-order valence-corrected chi connectivity index (χ4v) is 3.22. The summed E-state index contributed by atoms with van der Waals surface area (Å²) in [5.74, 6) is -0.185. The van der Waals surface area contributed by atoms with E-state index in [1.165, 1.54) is 4.57 Å². The maximum absolute atomic E-state index is 12.5. The second kappa shape index (κ2) is 6.57. The van der Waals surface area contributed by atoms with Gasteiger partial charge in [0.2, 0.25) is 5.91 Å². The van der Waals surface area contributed by atoms with E-state index in [2.05, 4.69) is 10.3 Å². The maximum Gasteiger partial charge on any atom is 0.272 e. The lowest BCUT2D eigenvalue weighted by molar-refractivity contribution is -0.121. The standard InChI is InChI=1S/C18H19N3O2S/c1-11-7-15-16(8-12(11)2)21(18(23)13(3)20-15)10-17(22)19-9-14-5-4-6-24-14/h4-8H,9-10H2,1-3H3,(H,19,22). The Hall–Kier alpha value is -2.47. The minimum atomic E-state index is -0.225. The van der Waals surface area contributed by atoms with E-state index in [1.807, 2.05) is 43.5 Å². The molecule has 0 aliphatic rings. The Kier molecular flexibility index (Phi) is 4.49. The van der Waals surface area contributed by atoms with Gasteiger partial charge >= 0.3 is 0 Å². The van der Waals surface area contributed by atoms with Crippen molar-refractivity contribution in [1.82, 2.24) is 14.9 Å². The molecule has 0 bridgehead atoms. The molecular weight excluding hydrogens is 322 g/mol. The normalized spacial score (nSPS) is 11.0. The number of fused-ring (bicyclic) bond motifs is 1. The number of nitrogens with zero attached hydrogens (tertiary/aromatic N) is 2. The van der Waals surface area contributed by atoms with Crippen molar-refractivity contribution in [1.29, 1.82) is 0 Å². The maximum atomic E-state index is 12.5. The highest BCUT2D eigenvalue weighted by molar-refractivity contribution is 7.09. The van der Waals surface area contributed by atoms with Crippen LogP contribution in [0, 0.1) is 20.8 Å². The molecule has 124 valence electrons. The molecule has 0 radical (unpaired) electrons. The zero-order valence-electron chi connectivity index (χ0n) is 13.9. The number of carbonyl (C=O) groups excluding carboxylic acids is 1. The van der Waals surface area contributed by atoms with E-state index in [1.54, 1.807) is 18.3 Å². The lowest BCUT2D eigenvalue weighted by Crippen LogP contribution is -2.33. The highest BCUT2D eigenvalue weighted by atomic mass is 32.1. The molecule has 24 heavy (non-hydrogen) atoms. The van der Waals surface area contributed by atoms with E-state index in [9.17, 15) is 9.59 Å². The van der Waals surface area contributed by atoms with Crippen LogP contribution in [0.5, 0.6) is 0 Å². The molecule has 0 aliphatic heterocycles. The molecule has 0 aliphatic carbocycles. The summed E-state index contributed by atoms with van der Waals surface area (Å²) in [6, 6.07) is 7.79. The van der Waals surface area contributed by atoms with E-state index in [-0.39, 0.29) is 18.0 Å². The van der Waals surface area contributed by atoms with Crippen molar-refractivity contribution in [2.45, 2.75) is 33.9 Å². The molecule has 0 spiro atoms. The Morgan fingerprint density at radius 3 is 2.71 bits per heavy atom. The summed E-state index contributed by atoms with van der Waals surface area (Å²) in [4.78, 5) is 30.2. The van der Waals surface area contributed by atoms with Gasteiger partial charge in [-0.2, -0.15) is 0 Å². The van der Waals surface area contributed by atoms with Crippen LogP contribution in [0.3, 0.4) is 0 Å².